The van der Waals surface area contributed by atoms with Gasteiger partial charge in [0, 0.05) is 25.7 Å². The van der Waals surface area contributed by atoms with Gasteiger partial charge in [0.15, 0.2) is 0 Å². The van der Waals surface area contributed by atoms with Gasteiger partial charge in [-0.3, -0.25) is 4.79 Å². The number of anilines is 1. The third-order valence-electron chi connectivity index (χ3n) is 3.62. The molecule has 1 fully saturated rings. The van der Waals surface area contributed by atoms with Crippen LogP contribution in [0.2, 0.25) is 0 Å². The van der Waals surface area contributed by atoms with Crippen LogP contribution in [0.5, 0.6) is 0 Å². The summed E-state index contributed by atoms with van der Waals surface area (Å²) < 4.78 is 0. The molecule has 1 amide bonds. The van der Waals surface area contributed by atoms with Gasteiger partial charge in [0.25, 0.3) is 0 Å². The number of nitrogens with zero attached hydrogens (tertiary/aromatic N) is 1. The average Bonchev–Trinajstić information content (AvgIpc) is 2.33. The number of hydrogen-bond donors (Lipinski definition) is 1. The van der Waals surface area contributed by atoms with Gasteiger partial charge in [0.2, 0.25) is 5.91 Å². The molecule has 1 aliphatic rings. The van der Waals surface area contributed by atoms with E-state index in [4.69, 9.17) is 5.73 Å². The molecule has 3 nitrogen and oxygen atoms in total. The molecule has 0 spiro atoms. The Hall–Kier alpha value is -1.51. The maximum Gasteiger partial charge on any atom is 0.219 e. The van der Waals surface area contributed by atoms with Crippen molar-refractivity contribution >= 4 is 11.6 Å². The standard InChI is InChI=1S/C14H20N2O/c1-11(17)16-8-6-12(7-9-16)10-13-4-2-3-5-14(13)15/h2-5,12H,6-10,15H2,1H3. The summed E-state index contributed by atoms with van der Waals surface area (Å²) in [5.41, 5.74) is 8.08. The van der Waals surface area contributed by atoms with Gasteiger partial charge < -0.3 is 10.6 Å². The van der Waals surface area contributed by atoms with E-state index in [1.54, 1.807) is 6.92 Å². The number of carbonyl (C=O) groups excluding carboxylic acids is 1. The number of nitrogen functional groups attached to an aromatic ring is 1. The maximum atomic E-state index is 11.2. The Labute approximate surface area is 103 Å². The molecule has 0 aromatic heterocycles. The number of piperidine rings is 1. The topological polar surface area (TPSA) is 46.3 Å². The zero-order valence-corrected chi connectivity index (χ0v) is 10.4. The lowest BCUT2D eigenvalue weighted by molar-refractivity contribution is -0.130. The highest BCUT2D eigenvalue weighted by atomic mass is 16.2. The maximum absolute atomic E-state index is 11.2. The van der Waals surface area contributed by atoms with E-state index in [0.717, 1.165) is 38.0 Å². The van der Waals surface area contributed by atoms with Crippen molar-refractivity contribution in [2.24, 2.45) is 5.92 Å². The predicted molar refractivity (Wildman–Crippen MR) is 69.5 cm³/mol. The Morgan fingerprint density at radius 2 is 2.00 bits per heavy atom. The Kier molecular flexibility index (Phi) is 3.67. The highest BCUT2D eigenvalue weighted by molar-refractivity contribution is 5.73. The molecule has 0 bridgehead atoms. The quantitative estimate of drug-likeness (QED) is 0.793. The van der Waals surface area contributed by atoms with E-state index in [2.05, 4.69) is 6.07 Å². The largest absolute Gasteiger partial charge is 0.399 e. The first kappa shape index (κ1) is 12.0. The van der Waals surface area contributed by atoms with Crippen LogP contribution in [-0.2, 0) is 11.2 Å². The van der Waals surface area contributed by atoms with Gasteiger partial charge >= 0.3 is 0 Å². The number of para-hydroxylation sites is 1. The van der Waals surface area contributed by atoms with Crippen LogP contribution in [0.3, 0.4) is 0 Å². The first-order valence-corrected chi connectivity index (χ1v) is 6.25. The van der Waals surface area contributed by atoms with Crippen molar-refractivity contribution in [3.05, 3.63) is 29.8 Å². The van der Waals surface area contributed by atoms with Crippen molar-refractivity contribution in [3.8, 4) is 0 Å². The molecule has 0 saturated carbocycles. The summed E-state index contributed by atoms with van der Waals surface area (Å²) in [6.45, 7) is 3.44. The van der Waals surface area contributed by atoms with Gasteiger partial charge in [-0.05, 0) is 36.8 Å². The second kappa shape index (κ2) is 5.21. The third kappa shape index (κ3) is 2.99. The molecular weight excluding hydrogens is 212 g/mol. The molecule has 92 valence electrons. The lowest BCUT2D eigenvalue weighted by Gasteiger charge is -2.31. The minimum absolute atomic E-state index is 0.197. The number of hydrogen-bond acceptors (Lipinski definition) is 2. The molecular formula is C14H20N2O. The molecule has 17 heavy (non-hydrogen) atoms. The molecule has 0 unspecified atom stereocenters. The Morgan fingerprint density at radius 3 is 2.59 bits per heavy atom. The minimum atomic E-state index is 0.197. The van der Waals surface area contributed by atoms with Gasteiger partial charge in [0.05, 0.1) is 0 Å². The summed E-state index contributed by atoms with van der Waals surface area (Å²) in [5, 5.41) is 0. The number of nitrogens with two attached hydrogens (primary N) is 1. The molecule has 0 atom stereocenters. The number of amides is 1. The van der Waals surface area contributed by atoms with Crippen molar-refractivity contribution in [3.63, 3.8) is 0 Å². The smallest absolute Gasteiger partial charge is 0.219 e. The molecule has 3 heteroatoms. The zero-order valence-electron chi connectivity index (χ0n) is 10.4. The fraction of sp³-hybridized carbons (Fsp3) is 0.500. The van der Waals surface area contributed by atoms with E-state index >= 15 is 0 Å². The van der Waals surface area contributed by atoms with Crippen LogP contribution >= 0.6 is 0 Å². The summed E-state index contributed by atoms with van der Waals surface area (Å²) in [7, 11) is 0. The normalized spacial score (nSPS) is 17.1. The van der Waals surface area contributed by atoms with Gasteiger partial charge in [-0.2, -0.15) is 0 Å². The van der Waals surface area contributed by atoms with E-state index in [0.29, 0.717) is 5.92 Å². The van der Waals surface area contributed by atoms with E-state index in [1.807, 2.05) is 23.1 Å². The molecule has 1 heterocycles. The lowest BCUT2D eigenvalue weighted by Crippen LogP contribution is -2.37. The highest BCUT2D eigenvalue weighted by Gasteiger charge is 2.21. The van der Waals surface area contributed by atoms with Gasteiger partial charge in [0.1, 0.15) is 0 Å². The highest BCUT2D eigenvalue weighted by Crippen LogP contribution is 2.24. The van der Waals surface area contributed by atoms with E-state index in [9.17, 15) is 4.79 Å². The van der Waals surface area contributed by atoms with E-state index in [1.165, 1.54) is 5.56 Å². The first-order valence-electron chi connectivity index (χ1n) is 6.25. The van der Waals surface area contributed by atoms with Crippen LogP contribution in [0.25, 0.3) is 0 Å². The number of rotatable bonds is 2. The van der Waals surface area contributed by atoms with Crippen molar-refractivity contribution in [1.82, 2.24) is 4.90 Å². The second-order valence-electron chi connectivity index (χ2n) is 4.85. The predicted octanol–water partition coefficient (Wildman–Crippen LogP) is 2.07. The second-order valence-corrected chi connectivity index (χ2v) is 4.85. The average molecular weight is 232 g/mol. The van der Waals surface area contributed by atoms with Crippen LogP contribution in [0.1, 0.15) is 25.3 Å². The number of likely N-dealkylation sites (tertiary alicyclic amines) is 1. The van der Waals surface area contributed by atoms with Gasteiger partial charge in [-0.1, -0.05) is 18.2 Å². The van der Waals surface area contributed by atoms with Crippen LogP contribution in [0.15, 0.2) is 24.3 Å². The Bertz CT molecular complexity index is 395. The summed E-state index contributed by atoms with van der Waals surface area (Å²) in [6.07, 6.45) is 3.22. The number of carbonyl (C=O) groups is 1. The lowest BCUT2D eigenvalue weighted by atomic mass is 9.89. The molecule has 0 radical (unpaired) electrons. The van der Waals surface area contributed by atoms with Crippen LogP contribution < -0.4 is 5.73 Å². The van der Waals surface area contributed by atoms with Crippen molar-refractivity contribution < 1.29 is 4.79 Å². The molecule has 1 saturated heterocycles. The molecule has 1 aromatic rings. The van der Waals surface area contributed by atoms with Gasteiger partial charge in [-0.15, -0.1) is 0 Å². The van der Waals surface area contributed by atoms with E-state index < -0.39 is 0 Å². The van der Waals surface area contributed by atoms with Crippen LogP contribution in [0.4, 0.5) is 5.69 Å². The molecule has 0 aliphatic carbocycles. The third-order valence-corrected chi connectivity index (χ3v) is 3.62. The molecule has 1 aromatic carbocycles. The van der Waals surface area contributed by atoms with Crippen LogP contribution in [0, 0.1) is 5.92 Å². The summed E-state index contributed by atoms with van der Waals surface area (Å²) >= 11 is 0. The van der Waals surface area contributed by atoms with Crippen LogP contribution in [-0.4, -0.2) is 23.9 Å². The van der Waals surface area contributed by atoms with Crippen molar-refractivity contribution in [1.29, 1.82) is 0 Å². The SMILES string of the molecule is CC(=O)N1CCC(Cc2ccccc2N)CC1. The Morgan fingerprint density at radius 1 is 1.35 bits per heavy atom. The minimum Gasteiger partial charge on any atom is -0.399 e. The van der Waals surface area contributed by atoms with Crippen molar-refractivity contribution in [2.75, 3.05) is 18.8 Å². The molecule has 1 aliphatic heterocycles. The summed E-state index contributed by atoms with van der Waals surface area (Å²) in [4.78, 5) is 13.2. The van der Waals surface area contributed by atoms with E-state index in [-0.39, 0.29) is 5.91 Å². The monoisotopic (exact) mass is 232 g/mol. The Balaban J connectivity index is 1.90. The van der Waals surface area contributed by atoms with Crippen molar-refractivity contribution in [2.45, 2.75) is 26.2 Å². The zero-order chi connectivity index (χ0) is 12.3. The molecule has 2 rings (SSSR count). The van der Waals surface area contributed by atoms with Gasteiger partial charge in [-0.25, -0.2) is 0 Å². The summed E-state index contributed by atoms with van der Waals surface area (Å²) in [6, 6.07) is 8.07. The fourth-order valence-electron chi connectivity index (χ4n) is 2.48. The molecule has 2 N–H and O–H groups in total. The first-order chi connectivity index (χ1) is 8.16. The summed E-state index contributed by atoms with van der Waals surface area (Å²) in [5.74, 6) is 0.859. The number of benzene rings is 1. The fourth-order valence-corrected chi connectivity index (χ4v) is 2.48.